The summed E-state index contributed by atoms with van der Waals surface area (Å²) in [5.74, 6) is 2.25. The van der Waals surface area contributed by atoms with Gasteiger partial charge in [0, 0.05) is 12.5 Å². The zero-order valence-corrected chi connectivity index (χ0v) is 11.1. The van der Waals surface area contributed by atoms with Crippen LogP contribution in [0.2, 0.25) is 0 Å². The van der Waals surface area contributed by atoms with Gasteiger partial charge in [-0.3, -0.25) is 0 Å². The second-order valence-electron chi connectivity index (χ2n) is 5.33. The molecule has 1 N–H and O–H groups in total. The lowest BCUT2D eigenvalue weighted by Crippen LogP contribution is -2.09. The van der Waals surface area contributed by atoms with E-state index in [0.29, 0.717) is 24.1 Å². The summed E-state index contributed by atoms with van der Waals surface area (Å²) >= 11 is 0. The molecule has 100 valence electrons. The molecule has 1 aromatic heterocycles. The molecule has 2 fully saturated rings. The first kappa shape index (κ1) is 12.1. The van der Waals surface area contributed by atoms with E-state index < -0.39 is 9.84 Å². The molecule has 0 spiro atoms. The maximum Gasteiger partial charge on any atom is 0.231 e. The van der Waals surface area contributed by atoms with Crippen molar-refractivity contribution >= 4 is 9.84 Å². The molecule has 2 saturated heterocycles. The highest BCUT2D eigenvalue weighted by Crippen LogP contribution is 2.30. The van der Waals surface area contributed by atoms with Crippen LogP contribution in [0.25, 0.3) is 0 Å². The lowest BCUT2D eigenvalue weighted by Gasteiger charge is -2.07. The summed E-state index contributed by atoms with van der Waals surface area (Å²) in [5.41, 5.74) is 0. The largest absolute Gasteiger partial charge is 0.339 e. The fourth-order valence-electron chi connectivity index (χ4n) is 2.70. The van der Waals surface area contributed by atoms with Gasteiger partial charge in [0.15, 0.2) is 15.7 Å². The number of nitrogens with one attached hydrogen (secondary N) is 1. The van der Waals surface area contributed by atoms with Gasteiger partial charge in [0.25, 0.3) is 0 Å². The van der Waals surface area contributed by atoms with Crippen molar-refractivity contribution in [3.05, 3.63) is 11.7 Å². The van der Waals surface area contributed by atoms with Crippen LogP contribution >= 0.6 is 0 Å². The summed E-state index contributed by atoms with van der Waals surface area (Å²) < 4.78 is 28.2. The van der Waals surface area contributed by atoms with Crippen molar-refractivity contribution in [2.75, 3.05) is 24.6 Å². The molecule has 2 aliphatic rings. The lowest BCUT2D eigenvalue weighted by atomic mass is 9.98. The maximum absolute atomic E-state index is 11.4. The van der Waals surface area contributed by atoms with Gasteiger partial charge in [-0.25, -0.2) is 8.42 Å². The normalized spacial score (nSPS) is 35.1. The number of sulfone groups is 1. The number of nitrogens with zero attached hydrogens (tertiary/aromatic N) is 2. The second kappa shape index (κ2) is 4.31. The fraction of sp³-hybridized carbons (Fsp3) is 0.818. The third kappa shape index (κ3) is 2.16. The van der Waals surface area contributed by atoms with Gasteiger partial charge in [0.05, 0.1) is 17.4 Å². The summed E-state index contributed by atoms with van der Waals surface area (Å²) in [6, 6.07) is 0. The molecule has 0 aromatic carbocycles. The molecule has 18 heavy (non-hydrogen) atoms. The van der Waals surface area contributed by atoms with Crippen molar-refractivity contribution in [2.45, 2.75) is 25.2 Å². The first-order valence-electron chi connectivity index (χ1n) is 6.30. The fourth-order valence-corrected chi connectivity index (χ4v) is 4.44. The molecule has 1 aromatic rings. The van der Waals surface area contributed by atoms with Crippen molar-refractivity contribution in [1.82, 2.24) is 15.5 Å². The molecule has 0 bridgehead atoms. The van der Waals surface area contributed by atoms with E-state index in [-0.39, 0.29) is 23.3 Å². The summed E-state index contributed by atoms with van der Waals surface area (Å²) in [7, 11) is -2.90. The molecule has 0 radical (unpaired) electrons. The maximum atomic E-state index is 11.4. The van der Waals surface area contributed by atoms with Crippen LogP contribution in [0.3, 0.4) is 0 Å². The van der Waals surface area contributed by atoms with Crippen LogP contribution in [-0.4, -0.2) is 43.2 Å². The average Bonchev–Trinajstić information content (AvgIpc) is 2.97. The van der Waals surface area contributed by atoms with Crippen LogP contribution < -0.4 is 5.32 Å². The summed E-state index contributed by atoms with van der Waals surface area (Å²) in [6.07, 6.45) is 0.611. The first-order chi connectivity index (χ1) is 8.55. The van der Waals surface area contributed by atoms with Crippen LogP contribution in [0, 0.1) is 5.92 Å². The van der Waals surface area contributed by atoms with Crippen molar-refractivity contribution in [3.8, 4) is 0 Å². The van der Waals surface area contributed by atoms with Crippen molar-refractivity contribution in [2.24, 2.45) is 5.92 Å². The monoisotopic (exact) mass is 271 g/mol. The van der Waals surface area contributed by atoms with E-state index in [4.69, 9.17) is 4.52 Å². The highest BCUT2D eigenvalue weighted by Gasteiger charge is 2.34. The number of aromatic nitrogens is 2. The van der Waals surface area contributed by atoms with E-state index in [1.807, 2.05) is 0 Å². The highest BCUT2D eigenvalue weighted by atomic mass is 32.2. The van der Waals surface area contributed by atoms with Crippen LogP contribution in [-0.2, 0) is 9.84 Å². The Kier molecular flexibility index (Phi) is 2.90. The summed E-state index contributed by atoms with van der Waals surface area (Å²) in [5, 5.41) is 7.25. The van der Waals surface area contributed by atoms with E-state index in [9.17, 15) is 8.42 Å². The van der Waals surface area contributed by atoms with Crippen molar-refractivity contribution < 1.29 is 12.9 Å². The van der Waals surface area contributed by atoms with Gasteiger partial charge in [0.1, 0.15) is 0 Å². The predicted molar refractivity (Wildman–Crippen MR) is 65.1 cm³/mol. The Morgan fingerprint density at radius 3 is 2.83 bits per heavy atom. The van der Waals surface area contributed by atoms with Crippen LogP contribution in [0.1, 0.15) is 36.9 Å². The molecular formula is C11H17N3O3S. The molecule has 3 heterocycles. The van der Waals surface area contributed by atoms with E-state index in [1.165, 1.54) is 0 Å². The number of hydrogen-bond donors (Lipinski definition) is 1. The molecule has 0 aliphatic carbocycles. The Balaban J connectivity index is 1.78. The predicted octanol–water partition coefficient (Wildman–Crippen LogP) is 0.295. The average molecular weight is 271 g/mol. The van der Waals surface area contributed by atoms with E-state index in [1.54, 1.807) is 0 Å². The smallest absolute Gasteiger partial charge is 0.231 e. The molecule has 0 amide bonds. The topological polar surface area (TPSA) is 85.1 Å². The van der Waals surface area contributed by atoms with Gasteiger partial charge in [-0.1, -0.05) is 12.1 Å². The molecule has 3 rings (SSSR count). The zero-order chi connectivity index (χ0) is 12.8. The zero-order valence-electron chi connectivity index (χ0n) is 10.3. The SMILES string of the molecule is C[C@@H]1CNC[C@H]1c1nc(C2CCS(=O)(=O)C2)no1. The molecular weight excluding hydrogens is 254 g/mol. The molecule has 0 saturated carbocycles. The molecule has 1 unspecified atom stereocenters. The van der Waals surface area contributed by atoms with Gasteiger partial charge in [0.2, 0.25) is 5.89 Å². The number of hydrogen-bond acceptors (Lipinski definition) is 6. The lowest BCUT2D eigenvalue weighted by molar-refractivity contribution is 0.335. The quantitative estimate of drug-likeness (QED) is 0.832. The Labute approximate surface area is 106 Å². The molecule has 7 heteroatoms. The van der Waals surface area contributed by atoms with Crippen molar-refractivity contribution in [1.29, 1.82) is 0 Å². The minimum absolute atomic E-state index is 0.0860. The second-order valence-corrected chi connectivity index (χ2v) is 7.56. The van der Waals surface area contributed by atoms with Crippen LogP contribution in [0.15, 0.2) is 4.52 Å². The van der Waals surface area contributed by atoms with Gasteiger partial charge in [-0.05, 0) is 18.9 Å². The van der Waals surface area contributed by atoms with E-state index in [0.717, 1.165) is 13.1 Å². The third-order valence-electron chi connectivity index (χ3n) is 3.89. The van der Waals surface area contributed by atoms with E-state index in [2.05, 4.69) is 22.4 Å². The summed E-state index contributed by atoms with van der Waals surface area (Å²) in [6.45, 7) is 3.96. The van der Waals surface area contributed by atoms with Gasteiger partial charge in [-0.15, -0.1) is 0 Å². The summed E-state index contributed by atoms with van der Waals surface area (Å²) in [4.78, 5) is 4.41. The first-order valence-corrected chi connectivity index (χ1v) is 8.12. The third-order valence-corrected chi connectivity index (χ3v) is 5.66. The van der Waals surface area contributed by atoms with Crippen LogP contribution in [0.4, 0.5) is 0 Å². The Morgan fingerprint density at radius 1 is 1.39 bits per heavy atom. The van der Waals surface area contributed by atoms with Crippen LogP contribution in [0.5, 0.6) is 0 Å². The van der Waals surface area contributed by atoms with Crippen molar-refractivity contribution in [3.63, 3.8) is 0 Å². The minimum atomic E-state index is -2.90. The van der Waals surface area contributed by atoms with E-state index >= 15 is 0 Å². The van der Waals surface area contributed by atoms with Gasteiger partial charge >= 0.3 is 0 Å². The molecule has 6 nitrogen and oxygen atoms in total. The minimum Gasteiger partial charge on any atom is -0.339 e. The Hall–Kier alpha value is -0.950. The highest BCUT2D eigenvalue weighted by molar-refractivity contribution is 7.91. The Morgan fingerprint density at radius 2 is 2.22 bits per heavy atom. The van der Waals surface area contributed by atoms with Gasteiger partial charge < -0.3 is 9.84 Å². The van der Waals surface area contributed by atoms with Gasteiger partial charge in [-0.2, -0.15) is 4.98 Å². The molecule has 3 atom stereocenters. The standard InChI is InChI=1S/C11H17N3O3S/c1-7-4-12-5-9(7)11-13-10(14-17-11)8-2-3-18(15,16)6-8/h7-9,12H,2-6H2,1H3/t7-,8?,9-/m1/s1. The molecule has 2 aliphatic heterocycles. The number of rotatable bonds is 2. The Bertz CT molecular complexity index is 539.